The van der Waals surface area contributed by atoms with Gasteiger partial charge in [0.2, 0.25) is 5.91 Å². The first-order chi connectivity index (χ1) is 12.6. The Labute approximate surface area is 155 Å². The topological polar surface area (TPSA) is 77.6 Å². The van der Waals surface area contributed by atoms with Crippen molar-refractivity contribution in [2.24, 2.45) is 0 Å². The van der Waals surface area contributed by atoms with Crippen LogP contribution in [0.5, 0.6) is 0 Å². The summed E-state index contributed by atoms with van der Waals surface area (Å²) in [4.78, 5) is 24.6. The second-order valence-corrected chi connectivity index (χ2v) is 6.23. The number of benzene rings is 1. The van der Waals surface area contributed by atoms with Crippen LogP contribution in [0.4, 0.5) is 0 Å². The zero-order valence-electron chi connectivity index (χ0n) is 14.3. The fraction of sp³-hybridized carbons (Fsp3) is 0.278. The van der Waals surface area contributed by atoms with Gasteiger partial charge >= 0.3 is 0 Å². The zero-order valence-corrected chi connectivity index (χ0v) is 15.1. The smallest absolute Gasteiger partial charge is 0.277 e. The van der Waals surface area contributed by atoms with Crippen LogP contribution in [-0.2, 0) is 16.1 Å². The van der Waals surface area contributed by atoms with Crippen molar-refractivity contribution in [2.45, 2.75) is 13.0 Å². The van der Waals surface area contributed by atoms with E-state index in [1.165, 1.54) is 9.08 Å². The zero-order chi connectivity index (χ0) is 18.5. The van der Waals surface area contributed by atoms with Crippen molar-refractivity contribution >= 4 is 23.0 Å². The molecule has 0 fully saturated rings. The van der Waals surface area contributed by atoms with Crippen LogP contribution in [0, 0.1) is 0 Å². The molecule has 0 atom stereocenters. The Hall–Kier alpha value is -2.64. The van der Waals surface area contributed by atoms with Gasteiger partial charge < -0.3 is 14.6 Å². The lowest BCUT2D eigenvalue weighted by Crippen LogP contribution is -2.33. The monoisotopic (exact) mass is 374 g/mol. The number of rotatable bonds is 7. The molecule has 8 heteroatoms. The highest BCUT2D eigenvalue weighted by Crippen LogP contribution is 2.20. The largest absolute Gasteiger partial charge is 0.385 e. The SMILES string of the molecule is COCCCNC(=O)Cn1ccn2nc(-c3ccc(Cl)cc3)cc2c1=O. The van der Waals surface area contributed by atoms with Crippen LogP contribution in [0.2, 0.25) is 5.02 Å². The Morgan fingerprint density at radius 1 is 1.27 bits per heavy atom. The fourth-order valence-corrected chi connectivity index (χ4v) is 2.69. The molecule has 136 valence electrons. The second-order valence-electron chi connectivity index (χ2n) is 5.79. The minimum Gasteiger partial charge on any atom is -0.385 e. The van der Waals surface area contributed by atoms with Gasteiger partial charge in [0.15, 0.2) is 0 Å². The minimum atomic E-state index is -0.271. The third-order valence-electron chi connectivity index (χ3n) is 3.90. The summed E-state index contributed by atoms with van der Waals surface area (Å²) in [5.74, 6) is -0.218. The van der Waals surface area contributed by atoms with Crippen LogP contribution >= 0.6 is 11.6 Å². The van der Waals surface area contributed by atoms with Crippen molar-refractivity contribution in [3.05, 3.63) is 58.1 Å². The van der Waals surface area contributed by atoms with E-state index in [9.17, 15) is 9.59 Å². The van der Waals surface area contributed by atoms with Gasteiger partial charge in [-0.15, -0.1) is 0 Å². The average molecular weight is 375 g/mol. The lowest BCUT2D eigenvalue weighted by Gasteiger charge is -2.07. The first-order valence-corrected chi connectivity index (χ1v) is 8.56. The maximum Gasteiger partial charge on any atom is 0.277 e. The molecule has 3 aromatic rings. The molecular formula is C18H19ClN4O3. The first kappa shape index (κ1) is 18.2. The van der Waals surface area contributed by atoms with E-state index in [1.54, 1.807) is 37.7 Å². The number of methoxy groups -OCH3 is 1. The first-order valence-electron chi connectivity index (χ1n) is 8.19. The summed E-state index contributed by atoms with van der Waals surface area (Å²) in [6.07, 6.45) is 3.94. The van der Waals surface area contributed by atoms with E-state index < -0.39 is 0 Å². The number of nitrogens with zero attached hydrogens (tertiary/aromatic N) is 3. The molecule has 3 rings (SSSR count). The summed E-state index contributed by atoms with van der Waals surface area (Å²) in [7, 11) is 1.61. The summed E-state index contributed by atoms with van der Waals surface area (Å²) in [6, 6.07) is 8.94. The van der Waals surface area contributed by atoms with Crippen molar-refractivity contribution in [3.8, 4) is 11.3 Å². The number of halogens is 1. The molecule has 0 aliphatic rings. The molecule has 26 heavy (non-hydrogen) atoms. The van der Waals surface area contributed by atoms with Crippen LogP contribution < -0.4 is 10.9 Å². The lowest BCUT2D eigenvalue weighted by molar-refractivity contribution is -0.121. The van der Waals surface area contributed by atoms with Gasteiger partial charge in [-0.05, 0) is 24.6 Å². The van der Waals surface area contributed by atoms with Crippen LogP contribution in [0.1, 0.15) is 6.42 Å². The van der Waals surface area contributed by atoms with Crippen molar-refractivity contribution in [1.82, 2.24) is 19.5 Å². The number of amides is 1. The summed E-state index contributed by atoms with van der Waals surface area (Å²) >= 11 is 5.90. The minimum absolute atomic E-state index is 0.0379. The van der Waals surface area contributed by atoms with E-state index in [0.29, 0.717) is 29.4 Å². The molecule has 1 N–H and O–H groups in total. The van der Waals surface area contributed by atoms with Gasteiger partial charge in [-0.2, -0.15) is 5.10 Å². The normalized spacial score (nSPS) is 11.0. The molecule has 0 aliphatic heterocycles. The second kappa shape index (κ2) is 8.16. The van der Waals surface area contributed by atoms with Gasteiger partial charge in [-0.1, -0.05) is 23.7 Å². The fourth-order valence-electron chi connectivity index (χ4n) is 2.57. The average Bonchev–Trinajstić information content (AvgIpc) is 3.07. The van der Waals surface area contributed by atoms with Crippen molar-refractivity contribution in [2.75, 3.05) is 20.3 Å². The third kappa shape index (κ3) is 4.12. The van der Waals surface area contributed by atoms with E-state index >= 15 is 0 Å². The van der Waals surface area contributed by atoms with Gasteiger partial charge in [0, 0.05) is 43.2 Å². The lowest BCUT2D eigenvalue weighted by atomic mass is 10.1. The molecule has 0 spiro atoms. The maximum atomic E-state index is 12.6. The Morgan fingerprint density at radius 2 is 2.04 bits per heavy atom. The van der Waals surface area contributed by atoms with Crippen molar-refractivity contribution in [1.29, 1.82) is 0 Å². The van der Waals surface area contributed by atoms with Crippen LogP contribution in [0.15, 0.2) is 47.5 Å². The van der Waals surface area contributed by atoms with E-state index in [1.807, 2.05) is 12.1 Å². The third-order valence-corrected chi connectivity index (χ3v) is 4.16. The van der Waals surface area contributed by atoms with Gasteiger partial charge in [0.05, 0.1) is 5.69 Å². The molecule has 0 radical (unpaired) electrons. The molecule has 0 unspecified atom stereocenters. The van der Waals surface area contributed by atoms with Crippen molar-refractivity contribution < 1.29 is 9.53 Å². The molecule has 0 aliphatic carbocycles. The number of carbonyl (C=O) groups is 1. The van der Waals surface area contributed by atoms with Crippen LogP contribution in [-0.4, -0.2) is 40.3 Å². The van der Waals surface area contributed by atoms with E-state index in [4.69, 9.17) is 16.3 Å². The Morgan fingerprint density at radius 3 is 2.77 bits per heavy atom. The summed E-state index contributed by atoms with van der Waals surface area (Å²) in [5.41, 5.74) is 1.66. The van der Waals surface area contributed by atoms with E-state index in [-0.39, 0.29) is 18.0 Å². The predicted octanol–water partition coefficient (Wildman–Crippen LogP) is 1.97. The Kier molecular flexibility index (Phi) is 5.70. The molecule has 1 amide bonds. The molecule has 2 heterocycles. The summed E-state index contributed by atoms with van der Waals surface area (Å²) in [5, 5.41) is 7.81. The molecular weight excluding hydrogens is 356 g/mol. The van der Waals surface area contributed by atoms with Gasteiger partial charge in [0.1, 0.15) is 12.1 Å². The molecule has 7 nitrogen and oxygen atoms in total. The molecule has 0 bridgehead atoms. The van der Waals surface area contributed by atoms with E-state index in [0.717, 1.165) is 12.0 Å². The number of carbonyl (C=O) groups excluding carboxylic acids is 1. The number of fused-ring (bicyclic) bond motifs is 1. The molecule has 2 aromatic heterocycles. The number of hydrogen-bond acceptors (Lipinski definition) is 4. The highest BCUT2D eigenvalue weighted by atomic mass is 35.5. The number of nitrogens with one attached hydrogen (secondary N) is 1. The summed E-state index contributed by atoms with van der Waals surface area (Å²) < 4.78 is 7.81. The quantitative estimate of drug-likeness (QED) is 0.641. The van der Waals surface area contributed by atoms with E-state index in [2.05, 4.69) is 10.4 Å². The van der Waals surface area contributed by atoms with Gasteiger partial charge in [-0.25, -0.2) is 4.52 Å². The standard InChI is InChI=1S/C18H19ClN4O3/c1-26-10-2-7-20-17(24)12-22-8-9-23-16(18(22)25)11-15(21-23)13-3-5-14(19)6-4-13/h3-6,8-9,11H,2,7,10,12H2,1H3,(H,20,24). The van der Waals surface area contributed by atoms with Gasteiger partial charge in [0.25, 0.3) is 5.56 Å². The van der Waals surface area contributed by atoms with Crippen LogP contribution in [0.25, 0.3) is 16.8 Å². The summed E-state index contributed by atoms with van der Waals surface area (Å²) in [6.45, 7) is 1.05. The Bertz CT molecular complexity index is 963. The molecule has 0 saturated heterocycles. The molecule has 1 aromatic carbocycles. The predicted molar refractivity (Wildman–Crippen MR) is 99.4 cm³/mol. The number of hydrogen-bond donors (Lipinski definition) is 1. The Balaban J connectivity index is 1.79. The highest BCUT2D eigenvalue weighted by molar-refractivity contribution is 6.30. The van der Waals surface area contributed by atoms with Crippen molar-refractivity contribution in [3.63, 3.8) is 0 Å². The molecule has 0 saturated carbocycles. The number of ether oxygens (including phenoxy) is 1. The van der Waals surface area contributed by atoms with Crippen LogP contribution in [0.3, 0.4) is 0 Å². The number of aromatic nitrogens is 3. The van der Waals surface area contributed by atoms with Gasteiger partial charge in [-0.3, -0.25) is 9.59 Å². The maximum absolute atomic E-state index is 12.6. The highest BCUT2D eigenvalue weighted by Gasteiger charge is 2.11.